The van der Waals surface area contributed by atoms with Crippen LogP contribution in [0.2, 0.25) is 0 Å². The summed E-state index contributed by atoms with van der Waals surface area (Å²) < 4.78 is 0.869. The number of nitrogens with one attached hydrogen (secondary N) is 2. The second kappa shape index (κ2) is 5.34. The Labute approximate surface area is 117 Å². The van der Waals surface area contributed by atoms with Crippen LogP contribution in [-0.2, 0) is 6.54 Å². The fourth-order valence-electron chi connectivity index (χ4n) is 1.70. The number of aryl methyl sites for hydroxylation is 2. The molecule has 0 amide bonds. The Morgan fingerprint density at radius 1 is 1.56 bits per heavy atom. The Hall–Kier alpha value is -0.980. The van der Waals surface area contributed by atoms with Crippen LogP contribution in [0.15, 0.2) is 15.9 Å². The fourth-order valence-corrected chi connectivity index (χ4v) is 2.95. The molecule has 0 unspecified atom stereocenters. The Morgan fingerprint density at radius 3 is 2.94 bits per heavy atom. The lowest BCUT2D eigenvalue weighted by Crippen LogP contribution is -2.20. The summed E-state index contributed by atoms with van der Waals surface area (Å²) in [5, 5.41) is 3.85. The van der Waals surface area contributed by atoms with Crippen LogP contribution in [0.3, 0.4) is 0 Å². The van der Waals surface area contributed by atoms with Crippen molar-refractivity contribution in [2.75, 3.05) is 6.54 Å². The maximum absolute atomic E-state index is 12.0. The van der Waals surface area contributed by atoms with E-state index in [1.54, 1.807) is 11.3 Å². The quantitative estimate of drug-likeness (QED) is 0.907. The van der Waals surface area contributed by atoms with Crippen LogP contribution in [0.4, 0.5) is 0 Å². The van der Waals surface area contributed by atoms with Gasteiger partial charge in [-0.25, -0.2) is 4.98 Å². The van der Waals surface area contributed by atoms with E-state index >= 15 is 0 Å². The van der Waals surface area contributed by atoms with E-state index in [4.69, 9.17) is 0 Å². The molecule has 6 heteroatoms. The molecule has 0 aliphatic rings. The van der Waals surface area contributed by atoms with Crippen molar-refractivity contribution in [3.8, 4) is 0 Å². The number of H-pyrrole nitrogens is 1. The normalized spacial score (nSPS) is 11.1. The SMILES string of the molecule is C=C(Br)CNCc1nc2sc(C)c(C)c2c(=O)[nH]1. The van der Waals surface area contributed by atoms with Crippen molar-refractivity contribution in [1.29, 1.82) is 0 Å². The summed E-state index contributed by atoms with van der Waals surface area (Å²) in [6.45, 7) is 8.86. The average Bonchev–Trinajstić information content (AvgIpc) is 2.54. The summed E-state index contributed by atoms with van der Waals surface area (Å²) >= 11 is 4.83. The lowest BCUT2D eigenvalue weighted by atomic mass is 10.2. The molecule has 2 N–H and O–H groups in total. The first-order valence-electron chi connectivity index (χ1n) is 5.52. The van der Waals surface area contributed by atoms with E-state index < -0.39 is 0 Å². The zero-order chi connectivity index (χ0) is 13.3. The summed E-state index contributed by atoms with van der Waals surface area (Å²) in [4.78, 5) is 21.2. The molecule has 0 fully saturated rings. The zero-order valence-corrected chi connectivity index (χ0v) is 12.7. The van der Waals surface area contributed by atoms with Gasteiger partial charge in [0.05, 0.1) is 11.9 Å². The van der Waals surface area contributed by atoms with Crippen LogP contribution < -0.4 is 10.9 Å². The van der Waals surface area contributed by atoms with Gasteiger partial charge in [-0.1, -0.05) is 22.5 Å². The van der Waals surface area contributed by atoms with E-state index in [-0.39, 0.29) is 5.56 Å². The molecule has 4 nitrogen and oxygen atoms in total. The van der Waals surface area contributed by atoms with E-state index in [0.29, 0.717) is 24.3 Å². The highest BCUT2D eigenvalue weighted by atomic mass is 79.9. The maximum atomic E-state index is 12.0. The summed E-state index contributed by atoms with van der Waals surface area (Å²) in [5.74, 6) is 0.655. The van der Waals surface area contributed by atoms with Crippen molar-refractivity contribution in [2.24, 2.45) is 0 Å². The van der Waals surface area contributed by atoms with Crippen molar-refractivity contribution >= 4 is 37.5 Å². The highest BCUT2D eigenvalue weighted by molar-refractivity contribution is 9.11. The molecular weight excluding hydrogens is 314 g/mol. The van der Waals surface area contributed by atoms with Gasteiger partial charge >= 0.3 is 0 Å². The van der Waals surface area contributed by atoms with Gasteiger partial charge < -0.3 is 10.3 Å². The molecule has 0 aliphatic carbocycles. The van der Waals surface area contributed by atoms with Crippen LogP contribution in [0.5, 0.6) is 0 Å². The Balaban J connectivity index is 2.32. The Bertz CT molecular complexity index is 659. The summed E-state index contributed by atoms with van der Waals surface area (Å²) in [6.07, 6.45) is 0. The van der Waals surface area contributed by atoms with Gasteiger partial charge in [-0.05, 0) is 19.4 Å². The van der Waals surface area contributed by atoms with Crippen LogP contribution >= 0.6 is 27.3 Å². The largest absolute Gasteiger partial charge is 0.309 e. The maximum Gasteiger partial charge on any atom is 0.259 e. The molecule has 0 saturated heterocycles. The summed E-state index contributed by atoms with van der Waals surface area (Å²) in [7, 11) is 0. The minimum atomic E-state index is -0.0590. The minimum absolute atomic E-state index is 0.0590. The predicted octanol–water partition coefficient (Wildman–Crippen LogP) is 2.60. The molecule has 2 aromatic rings. The number of thiophene rings is 1. The molecule has 2 rings (SSSR count). The molecule has 0 aromatic carbocycles. The van der Waals surface area contributed by atoms with Crippen LogP contribution in [0.1, 0.15) is 16.3 Å². The van der Waals surface area contributed by atoms with Crippen molar-refractivity contribution in [1.82, 2.24) is 15.3 Å². The average molecular weight is 328 g/mol. The molecule has 0 atom stereocenters. The van der Waals surface area contributed by atoms with Crippen molar-refractivity contribution in [2.45, 2.75) is 20.4 Å². The second-order valence-electron chi connectivity index (χ2n) is 4.10. The number of hydrogen-bond acceptors (Lipinski definition) is 4. The molecule has 0 aliphatic heterocycles. The highest BCUT2D eigenvalue weighted by Crippen LogP contribution is 2.25. The fraction of sp³-hybridized carbons (Fsp3) is 0.333. The molecule has 0 spiro atoms. The Kier molecular flexibility index (Phi) is 3.99. The molecule has 96 valence electrons. The van der Waals surface area contributed by atoms with E-state index in [9.17, 15) is 4.79 Å². The smallest absolute Gasteiger partial charge is 0.259 e. The van der Waals surface area contributed by atoms with Crippen LogP contribution in [0, 0.1) is 13.8 Å². The van der Waals surface area contributed by atoms with Gasteiger partial charge in [0.1, 0.15) is 10.7 Å². The second-order valence-corrected chi connectivity index (χ2v) is 6.42. The van der Waals surface area contributed by atoms with Gasteiger partial charge in [0, 0.05) is 15.9 Å². The standard InChI is InChI=1S/C12H14BrN3OS/c1-6(13)4-14-5-9-15-11(17)10-7(2)8(3)18-12(10)16-9/h14H,1,4-5H2,2-3H3,(H,15,16,17). The van der Waals surface area contributed by atoms with Gasteiger partial charge in [0.2, 0.25) is 0 Å². The number of hydrogen-bond donors (Lipinski definition) is 2. The number of aromatic amines is 1. The van der Waals surface area contributed by atoms with E-state index in [1.165, 1.54) is 0 Å². The lowest BCUT2D eigenvalue weighted by Gasteiger charge is -2.03. The minimum Gasteiger partial charge on any atom is -0.309 e. The van der Waals surface area contributed by atoms with Gasteiger partial charge in [-0.3, -0.25) is 4.79 Å². The van der Waals surface area contributed by atoms with Crippen molar-refractivity contribution in [3.05, 3.63) is 37.7 Å². The van der Waals surface area contributed by atoms with Gasteiger partial charge in [0.25, 0.3) is 5.56 Å². The van der Waals surface area contributed by atoms with Crippen molar-refractivity contribution in [3.63, 3.8) is 0 Å². The molecule has 2 heterocycles. The van der Waals surface area contributed by atoms with Gasteiger partial charge in [0.15, 0.2) is 0 Å². The number of aromatic nitrogens is 2. The summed E-state index contributed by atoms with van der Waals surface area (Å²) in [6, 6.07) is 0. The van der Waals surface area contributed by atoms with Crippen LogP contribution in [0.25, 0.3) is 10.2 Å². The predicted molar refractivity (Wildman–Crippen MR) is 79.5 cm³/mol. The third kappa shape index (κ3) is 2.71. The molecule has 18 heavy (non-hydrogen) atoms. The van der Waals surface area contributed by atoms with E-state index in [0.717, 1.165) is 19.8 Å². The topological polar surface area (TPSA) is 57.8 Å². The highest BCUT2D eigenvalue weighted by Gasteiger charge is 2.11. The van der Waals surface area contributed by atoms with E-state index in [1.807, 2.05) is 13.8 Å². The number of fused-ring (bicyclic) bond motifs is 1. The van der Waals surface area contributed by atoms with Gasteiger partial charge in [-0.15, -0.1) is 11.3 Å². The molecule has 0 radical (unpaired) electrons. The van der Waals surface area contributed by atoms with E-state index in [2.05, 4.69) is 37.8 Å². The zero-order valence-electron chi connectivity index (χ0n) is 10.3. The first-order chi connectivity index (χ1) is 8.49. The number of rotatable bonds is 4. The third-order valence-electron chi connectivity index (χ3n) is 2.70. The molecule has 0 saturated carbocycles. The van der Waals surface area contributed by atoms with Gasteiger partial charge in [-0.2, -0.15) is 0 Å². The first kappa shape index (κ1) is 13.5. The third-order valence-corrected chi connectivity index (χ3v) is 4.08. The summed E-state index contributed by atoms with van der Waals surface area (Å²) in [5.41, 5.74) is 0.966. The molecular formula is C12H14BrN3OS. The molecule has 0 bridgehead atoms. The molecule has 2 aromatic heterocycles. The lowest BCUT2D eigenvalue weighted by molar-refractivity contribution is 0.715. The Morgan fingerprint density at radius 2 is 2.28 bits per heavy atom. The van der Waals surface area contributed by atoms with Crippen LogP contribution in [-0.4, -0.2) is 16.5 Å². The van der Waals surface area contributed by atoms with Crippen molar-refractivity contribution < 1.29 is 0 Å². The number of nitrogens with zero attached hydrogens (tertiary/aromatic N) is 1. The first-order valence-corrected chi connectivity index (χ1v) is 7.13. The number of halogens is 1. The monoisotopic (exact) mass is 327 g/mol.